The Kier molecular flexibility index (Phi) is 3.85. The minimum absolute atomic E-state index is 0.139. The summed E-state index contributed by atoms with van der Waals surface area (Å²) in [6.07, 6.45) is 1.86. The first-order valence-corrected chi connectivity index (χ1v) is 5.63. The van der Waals surface area contributed by atoms with E-state index in [4.69, 9.17) is 10.3 Å². The predicted octanol–water partition coefficient (Wildman–Crippen LogP) is 2.21. The zero-order valence-corrected chi connectivity index (χ0v) is 10.1. The van der Waals surface area contributed by atoms with Crippen molar-refractivity contribution in [1.82, 2.24) is 10.1 Å². The topological polar surface area (TPSA) is 64.9 Å². The van der Waals surface area contributed by atoms with Crippen molar-refractivity contribution in [2.45, 2.75) is 51.9 Å². The van der Waals surface area contributed by atoms with Crippen LogP contribution in [0.15, 0.2) is 4.52 Å². The molecular weight excluding hydrogens is 190 g/mol. The van der Waals surface area contributed by atoms with Gasteiger partial charge in [0.05, 0.1) is 5.41 Å². The summed E-state index contributed by atoms with van der Waals surface area (Å²) in [6, 6.07) is 0. The van der Waals surface area contributed by atoms with Crippen molar-refractivity contribution >= 4 is 0 Å². The van der Waals surface area contributed by atoms with Crippen molar-refractivity contribution in [1.29, 1.82) is 0 Å². The fraction of sp³-hybridized carbons (Fsp3) is 0.818. The van der Waals surface area contributed by atoms with E-state index in [0.29, 0.717) is 18.4 Å². The standard InChI is InChI=1S/C11H21N3O/c1-5-11(6-2,7-12)10-13-9(8(3)4)14-15-10/h8H,5-7,12H2,1-4H3. The highest BCUT2D eigenvalue weighted by molar-refractivity contribution is 5.06. The molecule has 0 aliphatic rings. The van der Waals surface area contributed by atoms with Crippen LogP contribution in [0.3, 0.4) is 0 Å². The zero-order valence-electron chi connectivity index (χ0n) is 10.1. The Balaban J connectivity index is 3.01. The summed E-state index contributed by atoms with van der Waals surface area (Å²) in [5.74, 6) is 1.76. The molecule has 0 aromatic carbocycles. The highest BCUT2D eigenvalue weighted by Crippen LogP contribution is 2.29. The Morgan fingerprint density at radius 3 is 2.27 bits per heavy atom. The maximum atomic E-state index is 5.82. The summed E-state index contributed by atoms with van der Waals surface area (Å²) >= 11 is 0. The van der Waals surface area contributed by atoms with Crippen LogP contribution in [0.5, 0.6) is 0 Å². The van der Waals surface area contributed by atoms with Crippen LogP contribution in [0.25, 0.3) is 0 Å². The van der Waals surface area contributed by atoms with Gasteiger partial charge in [-0.25, -0.2) is 0 Å². The second-order valence-electron chi connectivity index (χ2n) is 4.30. The lowest BCUT2D eigenvalue weighted by Gasteiger charge is -2.24. The van der Waals surface area contributed by atoms with Crippen LogP contribution in [0.1, 0.15) is 58.2 Å². The molecule has 4 heteroatoms. The number of hydrogen-bond donors (Lipinski definition) is 1. The number of hydrogen-bond acceptors (Lipinski definition) is 4. The largest absolute Gasteiger partial charge is 0.339 e. The van der Waals surface area contributed by atoms with Crippen molar-refractivity contribution in [3.8, 4) is 0 Å². The van der Waals surface area contributed by atoms with Crippen molar-refractivity contribution < 1.29 is 4.52 Å². The summed E-state index contributed by atoms with van der Waals surface area (Å²) in [7, 11) is 0. The molecule has 0 aliphatic heterocycles. The molecule has 0 aliphatic carbocycles. The first kappa shape index (κ1) is 12.2. The number of aromatic nitrogens is 2. The quantitative estimate of drug-likeness (QED) is 0.811. The number of nitrogens with zero attached hydrogens (tertiary/aromatic N) is 2. The first-order chi connectivity index (χ1) is 7.09. The Hall–Kier alpha value is -0.900. The van der Waals surface area contributed by atoms with Gasteiger partial charge in [0.15, 0.2) is 5.82 Å². The molecule has 0 spiro atoms. The van der Waals surface area contributed by atoms with E-state index in [9.17, 15) is 0 Å². The van der Waals surface area contributed by atoms with Crippen molar-refractivity contribution in [2.24, 2.45) is 5.73 Å². The van der Waals surface area contributed by atoms with Gasteiger partial charge in [-0.05, 0) is 12.8 Å². The molecule has 0 bridgehead atoms. The highest BCUT2D eigenvalue weighted by Gasteiger charge is 2.33. The summed E-state index contributed by atoms with van der Waals surface area (Å²) in [5.41, 5.74) is 5.68. The van der Waals surface area contributed by atoms with Gasteiger partial charge >= 0.3 is 0 Å². The maximum Gasteiger partial charge on any atom is 0.234 e. The third-order valence-corrected chi connectivity index (χ3v) is 3.16. The van der Waals surface area contributed by atoms with E-state index in [2.05, 4.69) is 37.8 Å². The molecule has 1 aromatic heterocycles. The van der Waals surface area contributed by atoms with Crippen LogP contribution in [-0.4, -0.2) is 16.7 Å². The van der Waals surface area contributed by atoms with Gasteiger partial charge in [0, 0.05) is 12.5 Å². The molecule has 0 fully saturated rings. The Morgan fingerprint density at radius 2 is 1.93 bits per heavy atom. The van der Waals surface area contributed by atoms with Gasteiger partial charge in [-0.1, -0.05) is 32.9 Å². The number of nitrogens with two attached hydrogens (primary N) is 1. The normalized spacial score (nSPS) is 12.4. The van der Waals surface area contributed by atoms with Crippen LogP contribution in [0.2, 0.25) is 0 Å². The Labute approximate surface area is 91.2 Å². The summed E-state index contributed by atoms with van der Waals surface area (Å²) < 4.78 is 5.32. The lowest BCUT2D eigenvalue weighted by molar-refractivity contribution is 0.266. The third-order valence-electron chi connectivity index (χ3n) is 3.16. The molecule has 0 saturated heterocycles. The predicted molar refractivity (Wildman–Crippen MR) is 59.7 cm³/mol. The van der Waals surface area contributed by atoms with Gasteiger partial charge in [0.1, 0.15) is 0 Å². The van der Waals surface area contributed by atoms with E-state index in [-0.39, 0.29) is 5.41 Å². The molecule has 1 aromatic rings. The van der Waals surface area contributed by atoms with E-state index in [1.807, 2.05) is 0 Å². The molecule has 4 nitrogen and oxygen atoms in total. The second-order valence-corrected chi connectivity index (χ2v) is 4.30. The molecular formula is C11H21N3O. The lowest BCUT2D eigenvalue weighted by Crippen LogP contribution is -2.34. The molecule has 2 N–H and O–H groups in total. The van der Waals surface area contributed by atoms with Crippen molar-refractivity contribution in [3.63, 3.8) is 0 Å². The molecule has 86 valence electrons. The minimum Gasteiger partial charge on any atom is -0.339 e. The second kappa shape index (κ2) is 4.75. The average molecular weight is 211 g/mol. The third kappa shape index (κ3) is 2.20. The molecule has 15 heavy (non-hydrogen) atoms. The van der Waals surface area contributed by atoms with Gasteiger partial charge in [-0.2, -0.15) is 4.98 Å². The van der Waals surface area contributed by atoms with E-state index in [0.717, 1.165) is 18.7 Å². The first-order valence-electron chi connectivity index (χ1n) is 5.63. The van der Waals surface area contributed by atoms with Crippen LogP contribution < -0.4 is 5.73 Å². The monoisotopic (exact) mass is 211 g/mol. The van der Waals surface area contributed by atoms with Crippen molar-refractivity contribution in [3.05, 3.63) is 11.7 Å². The molecule has 0 atom stereocenters. The van der Waals surface area contributed by atoms with Gasteiger partial charge in [0.25, 0.3) is 0 Å². The van der Waals surface area contributed by atoms with Crippen molar-refractivity contribution in [2.75, 3.05) is 6.54 Å². The van der Waals surface area contributed by atoms with E-state index in [1.165, 1.54) is 0 Å². The molecule has 1 rings (SSSR count). The SMILES string of the molecule is CCC(CC)(CN)c1nc(C(C)C)no1. The van der Waals surface area contributed by atoms with Gasteiger partial charge in [-0.15, -0.1) is 0 Å². The summed E-state index contributed by atoms with van der Waals surface area (Å²) in [4.78, 5) is 4.44. The highest BCUT2D eigenvalue weighted by atomic mass is 16.5. The molecule has 1 heterocycles. The fourth-order valence-corrected chi connectivity index (χ4v) is 1.61. The van der Waals surface area contributed by atoms with Crippen LogP contribution in [-0.2, 0) is 5.41 Å². The molecule has 0 saturated carbocycles. The van der Waals surface area contributed by atoms with Crippen LogP contribution >= 0.6 is 0 Å². The van der Waals surface area contributed by atoms with E-state index in [1.54, 1.807) is 0 Å². The number of rotatable bonds is 5. The molecule has 0 radical (unpaired) electrons. The Morgan fingerprint density at radius 1 is 1.33 bits per heavy atom. The van der Waals surface area contributed by atoms with Gasteiger partial charge in [-0.3, -0.25) is 0 Å². The lowest BCUT2D eigenvalue weighted by atomic mass is 9.82. The van der Waals surface area contributed by atoms with Crippen LogP contribution in [0, 0.1) is 0 Å². The van der Waals surface area contributed by atoms with E-state index < -0.39 is 0 Å². The summed E-state index contributed by atoms with van der Waals surface area (Å²) in [6.45, 7) is 8.87. The Bertz CT molecular complexity index is 294. The summed E-state index contributed by atoms with van der Waals surface area (Å²) in [5, 5.41) is 3.98. The van der Waals surface area contributed by atoms with Crippen LogP contribution in [0.4, 0.5) is 0 Å². The maximum absolute atomic E-state index is 5.82. The van der Waals surface area contributed by atoms with E-state index >= 15 is 0 Å². The van der Waals surface area contributed by atoms with Gasteiger partial charge < -0.3 is 10.3 Å². The fourth-order valence-electron chi connectivity index (χ4n) is 1.61. The molecule has 0 amide bonds. The average Bonchev–Trinajstić information content (AvgIpc) is 2.71. The molecule has 0 unspecified atom stereocenters. The zero-order chi connectivity index (χ0) is 11.5. The smallest absolute Gasteiger partial charge is 0.234 e. The van der Waals surface area contributed by atoms with Gasteiger partial charge in [0.2, 0.25) is 5.89 Å². The minimum atomic E-state index is -0.139.